The Morgan fingerprint density at radius 2 is 0.903 bits per heavy atom. The lowest BCUT2D eigenvalue weighted by molar-refractivity contribution is -0.332. The van der Waals surface area contributed by atoms with E-state index in [0.29, 0.717) is 13.0 Å². The van der Waals surface area contributed by atoms with Crippen LogP contribution in [-0.2, 0) is 33.2 Å². The fourth-order valence-corrected chi connectivity index (χ4v) is 8.42. The number of carbonyl (C=O) groups is 1. The number of hydrogen-bond acceptors (Lipinski definition) is 14. The van der Waals surface area contributed by atoms with Crippen LogP contribution in [0, 0.1) is 0 Å². The van der Waals surface area contributed by atoms with Crippen LogP contribution in [0.3, 0.4) is 0 Å². The zero-order chi connectivity index (χ0) is 52.3. The smallest absolute Gasteiger partial charge is 0.306 e. The summed E-state index contributed by atoms with van der Waals surface area (Å²) >= 11 is 0. The van der Waals surface area contributed by atoms with Crippen LogP contribution in [0.5, 0.6) is 0 Å². The van der Waals surface area contributed by atoms with Crippen molar-refractivity contribution in [3.63, 3.8) is 0 Å². The molecule has 0 saturated carbocycles. The Morgan fingerprint density at radius 1 is 0.472 bits per heavy atom. The molecule has 72 heavy (non-hydrogen) atoms. The molecule has 0 bridgehead atoms. The van der Waals surface area contributed by atoms with E-state index in [1.165, 1.54) is 70.6 Å². The van der Waals surface area contributed by atoms with E-state index in [2.05, 4.69) is 86.8 Å². The number of ether oxygens (including phenoxy) is 6. The molecule has 2 saturated heterocycles. The van der Waals surface area contributed by atoms with Crippen molar-refractivity contribution in [2.75, 3.05) is 33.0 Å². The van der Waals surface area contributed by atoms with Gasteiger partial charge in [-0.1, -0.05) is 170 Å². The summed E-state index contributed by atoms with van der Waals surface area (Å²) in [7, 11) is 0. The van der Waals surface area contributed by atoms with Gasteiger partial charge in [-0.15, -0.1) is 0 Å². The molecule has 0 amide bonds. The molecule has 7 N–H and O–H groups in total. The van der Waals surface area contributed by atoms with Gasteiger partial charge in [-0.3, -0.25) is 4.79 Å². The number of allylic oxidation sites excluding steroid dienone is 12. The van der Waals surface area contributed by atoms with Crippen molar-refractivity contribution >= 4 is 5.97 Å². The van der Waals surface area contributed by atoms with Crippen molar-refractivity contribution in [2.24, 2.45) is 0 Å². The Balaban J connectivity index is 1.75. The Bertz CT molecular complexity index is 1460. The summed E-state index contributed by atoms with van der Waals surface area (Å²) in [6.45, 7) is 3.52. The number of unbranched alkanes of at least 4 members (excludes halogenated alkanes) is 18. The van der Waals surface area contributed by atoms with Gasteiger partial charge < -0.3 is 64.2 Å². The maximum atomic E-state index is 13.1. The number of rotatable bonds is 44. The van der Waals surface area contributed by atoms with Crippen LogP contribution in [0.4, 0.5) is 0 Å². The summed E-state index contributed by atoms with van der Waals surface area (Å²) in [5.41, 5.74) is 0. The van der Waals surface area contributed by atoms with E-state index in [0.717, 1.165) is 89.9 Å². The average molecular weight is 1020 g/mol. The largest absolute Gasteiger partial charge is 0.457 e. The highest BCUT2D eigenvalue weighted by atomic mass is 16.7. The molecule has 14 nitrogen and oxygen atoms in total. The number of esters is 1. The topological polar surface area (TPSA) is 214 Å². The second kappa shape index (κ2) is 44.7. The minimum atomic E-state index is -1.71. The lowest BCUT2D eigenvalue weighted by Gasteiger charge is -2.42. The van der Waals surface area contributed by atoms with E-state index in [9.17, 15) is 40.5 Å². The van der Waals surface area contributed by atoms with Crippen molar-refractivity contribution in [3.8, 4) is 0 Å². The molecule has 2 aliphatic rings. The number of carbonyl (C=O) groups excluding carboxylic acids is 1. The minimum Gasteiger partial charge on any atom is -0.457 e. The zero-order valence-corrected chi connectivity index (χ0v) is 44.4. The first-order valence-corrected chi connectivity index (χ1v) is 28.0. The molecule has 0 aromatic heterocycles. The van der Waals surface area contributed by atoms with Gasteiger partial charge in [0.1, 0.15) is 54.9 Å². The molecule has 0 aromatic rings. The summed E-state index contributed by atoms with van der Waals surface area (Å²) in [5.74, 6) is -0.390. The van der Waals surface area contributed by atoms with E-state index in [1.54, 1.807) is 0 Å². The number of aliphatic hydroxyl groups excluding tert-OH is 7. The Morgan fingerprint density at radius 3 is 1.42 bits per heavy atom. The van der Waals surface area contributed by atoms with Crippen LogP contribution in [0.2, 0.25) is 0 Å². The molecule has 2 fully saturated rings. The van der Waals surface area contributed by atoms with Crippen LogP contribution in [-0.4, -0.2) is 142 Å². The van der Waals surface area contributed by atoms with Gasteiger partial charge in [-0.05, 0) is 83.5 Å². The molecule has 0 radical (unpaired) electrons. The summed E-state index contributed by atoms with van der Waals surface area (Å²) in [4.78, 5) is 13.1. The third kappa shape index (κ3) is 31.3. The molecular formula is C58H100O14. The van der Waals surface area contributed by atoms with Crippen molar-refractivity contribution in [1.29, 1.82) is 0 Å². The first-order chi connectivity index (χ1) is 35.1. The predicted octanol–water partition coefficient (Wildman–Crippen LogP) is 9.47. The van der Waals surface area contributed by atoms with Crippen molar-refractivity contribution in [2.45, 2.75) is 255 Å². The van der Waals surface area contributed by atoms with Crippen LogP contribution >= 0.6 is 0 Å². The Hall–Kier alpha value is -2.57. The molecule has 2 heterocycles. The average Bonchev–Trinajstić information content (AvgIpc) is 3.38. The summed E-state index contributed by atoms with van der Waals surface area (Å²) in [6, 6.07) is 0. The lowest BCUT2D eigenvalue weighted by Crippen LogP contribution is -2.61. The summed E-state index contributed by atoms with van der Waals surface area (Å²) in [6.07, 6.45) is 39.5. The normalized spacial score (nSPS) is 25.7. The third-order valence-corrected chi connectivity index (χ3v) is 12.9. The second-order valence-electron chi connectivity index (χ2n) is 19.4. The number of hydrogen-bond donors (Lipinski definition) is 7. The summed E-state index contributed by atoms with van der Waals surface area (Å²) < 4.78 is 34.3. The van der Waals surface area contributed by atoms with Crippen molar-refractivity contribution in [3.05, 3.63) is 72.9 Å². The predicted molar refractivity (Wildman–Crippen MR) is 284 cm³/mol. The quantitative estimate of drug-likeness (QED) is 0.0172. The van der Waals surface area contributed by atoms with Gasteiger partial charge >= 0.3 is 5.97 Å². The molecule has 2 aliphatic heterocycles. The Labute approximate surface area is 434 Å². The second-order valence-corrected chi connectivity index (χ2v) is 19.4. The first-order valence-electron chi connectivity index (χ1n) is 28.0. The van der Waals surface area contributed by atoms with Gasteiger partial charge in [0.25, 0.3) is 0 Å². The molecule has 11 unspecified atom stereocenters. The van der Waals surface area contributed by atoms with Crippen LogP contribution in [0.1, 0.15) is 187 Å². The monoisotopic (exact) mass is 1020 g/mol. The highest BCUT2D eigenvalue weighted by molar-refractivity contribution is 5.69. The van der Waals surface area contributed by atoms with Gasteiger partial charge in [0, 0.05) is 13.0 Å². The Kier molecular flexibility index (Phi) is 40.7. The highest BCUT2D eigenvalue weighted by Crippen LogP contribution is 2.26. The molecule has 0 spiro atoms. The maximum Gasteiger partial charge on any atom is 0.306 e. The van der Waals surface area contributed by atoms with Gasteiger partial charge in [-0.2, -0.15) is 0 Å². The summed E-state index contributed by atoms with van der Waals surface area (Å²) in [5, 5.41) is 72.3. The molecule has 416 valence electrons. The molecule has 11 atom stereocenters. The van der Waals surface area contributed by atoms with Gasteiger partial charge in [0.15, 0.2) is 12.6 Å². The molecule has 0 aromatic carbocycles. The van der Waals surface area contributed by atoms with E-state index < -0.39 is 86.7 Å². The van der Waals surface area contributed by atoms with E-state index in [1.807, 2.05) is 0 Å². The SMILES string of the molecule is CC/C=C\C/C=C\C/C=C\C/C=C\CCCCCCCCCOCC(COC1OC(COC2OC(CO)C(O)C(O)C2O)C(O)C(O)C1O)OC(=O)CCCCCCCCC/C=C\C/C=C\CCCCCC. The molecule has 2 rings (SSSR count). The van der Waals surface area contributed by atoms with Crippen molar-refractivity contribution < 1.29 is 69.0 Å². The third-order valence-electron chi connectivity index (χ3n) is 12.9. The fourth-order valence-electron chi connectivity index (χ4n) is 8.42. The minimum absolute atomic E-state index is 0.0473. The lowest BCUT2D eigenvalue weighted by atomic mass is 9.98. The molecular weight excluding hydrogens is 921 g/mol. The van der Waals surface area contributed by atoms with E-state index in [4.69, 9.17) is 28.4 Å². The van der Waals surface area contributed by atoms with Gasteiger partial charge in [-0.25, -0.2) is 0 Å². The molecule has 14 heteroatoms. The highest BCUT2D eigenvalue weighted by Gasteiger charge is 2.47. The zero-order valence-electron chi connectivity index (χ0n) is 44.4. The van der Waals surface area contributed by atoms with Crippen LogP contribution in [0.25, 0.3) is 0 Å². The maximum absolute atomic E-state index is 13.1. The van der Waals surface area contributed by atoms with Gasteiger partial charge in [0.2, 0.25) is 0 Å². The number of aliphatic hydroxyl groups is 7. The molecule has 0 aliphatic carbocycles. The van der Waals surface area contributed by atoms with E-state index >= 15 is 0 Å². The van der Waals surface area contributed by atoms with E-state index in [-0.39, 0.29) is 19.6 Å². The van der Waals surface area contributed by atoms with Gasteiger partial charge in [0.05, 0.1) is 26.4 Å². The van der Waals surface area contributed by atoms with Crippen LogP contribution < -0.4 is 0 Å². The van der Waals surface area contributed by atoms with Crippen molar-refractivity contribution in [1.82, 2.24) is 0 Å². The van der Waals surface area contributed by atoms with Crippen LogP contribution in [0.15, 0.2) is 72.9 Å². The first kappa shape index (κ1) is 65.5. The fraction of sp³-hybridized carbons (Fsp3) is 0.776. The standard InChI is InChI=1S/C58H100O14/c1-3-5-7-9-11-13-15-17-19-21-23-24-26-28-30-32-34-36-38-40-42-67-44-47(70-50(60)41-39-37-35-33-31-29-27-25-22-20-18-16-14-12-10-8-6-4-2)45-68-57-56(66)54(64)52(62)49(72-57)46-69-58-55(65)53(63)51(61)48(43-59)71-58/h5,7,11,13-14,16-17,19-20,22-24,47-49,51-59,61-66H,3-4,6,8-10,12,15,18,21,25-46H2,1-2H3/b7-5-,13-11-,16-14-,19-17-,22-20-,24-23-.